The van der Waals surface area contributed by atoms with Crippen LogP contribution in [0.4, 0.5) is 5.82 Å². The van der Waals surface area contributed by atoms with Gasteiger partial charge in [0.05, 0.1) is 47.1 Å². The number of hydrogen-bond donors (Lipinski definition) is 3. The lowest BCUT2D eigenvalue weighted by atomic mass is 9.88. The Bertz CT molecular complexity index is 1640. The summed E-state index contributed by atoms with van der Waals surface area (Å²) in [6, 6.07) is 9.31. The third-order valence-electron chi connectivity index (χ3n) is 7.17. The van der Waals surface area contributed by atoms with Gasteiger partial charge in [-0.25, -0.2) is 14.5 Å². The van der Waals surface area contributed by atoms with Gasteiger partial charge in [-0.1, -0.05) is 11.6 Å². The van der Waals surface area contributed by atoms with Crippen molar-refractivity contribution in [1.82, 2.24) is 35.1 Å². The molecule has 0 spiro atoms. The van der Waals surface area contributed by atoms with Crippen LogP contribution in [0.25, 0.3) is 27.7 Å². The number of aromatic amines is 1. The van der Waals surface area contributed by atoms with Crippen LogP contribution in [0.1, 0.15) is 30.3 Å². The Labute approximate surface area is 228 Å². The zero-order valence-electron chi connectivity index (χ0n) is 21.3. The summed E-state index contributed by atoms with van der Waals surface area (Å²) in [6.45, 7) is 3.55. The molecule has 0 aliphatic carbocycles. The molecule has 6 heterocycles. The second kappa shape index (κ2) is 10.2. The molecule has 0 saturated carbocycles. The van der Waals surface area contributed by atoms with E-state index in [1.165, 1.54) is 6.20 Å². The van der Waals surface area contributed by atoms with Crippen molar-refractivity contribution in [3.8, 4) is 16.9 Å². The minimum Gasteiger partial charge on any atom is -0.492 e. The first-order valence-electron chi connectivity index (χ1n) is 12.7. The fourth-order valence-electron chi connectivity index (χ4n) is 5.08. The lowest BCUT2D eigenvalue weighted by molar-refractivity contribution is 0.0783. The number of aromatic nitrogens is 6. The number of hydrogen-bond acceptors (Lipinski definition) is 8. The fraction of sp³-hybridized carbons (Fsp3) is 0.296. The summed E-state index contributed by atoms with van der Waals surface area (Å²) in [5, 5.41) is 26.0. The fourth-order valence-corrected chi connectivity index (χ4v) is 5.29. The van der Waals surface area contributed by atoms with Gasteiger partial charge in [0.25, 0.3) is 5.91 Å². The van der Waals surface area contributed by atoms with E-state index in [-0.39, 0.29) is 17.3 Å². The number of aliphatic hydroxyl groups excluding tert-OH is 1. The zero-order chi connectivity index (χ0) is 27.0. The van der Waals surface area contributed by atoms with Crippen LogP contribution in [-0.2, 0) is 0 Å². The molecular formula is C27H27ClN8O3. The third-order valence-corrected chi connectivity index (χ3v) is 7.48. The van der Waals surface area contributed by atoms with Crippen molar-refractivity contribution in [2.45, 2.75) is 25.3 Å². The molecule has 1 aliphatic rings. The molecule has 1 saturated heterocycles. The molecule has 0 atom stereocenters. The number of carbonyl (C=O) groups excluding carboxylic acids is 1. The minimum absolute atomic E-state index is 0.153. The molecule has 1 aliphatic heterocycles. The van der Waals surface area contributed by atoms with Gasteiger partial charge in [0.1, 0.15) is 17.3 Å². The lowest BCUT2D eigenvalue weighted by Crippen LogP contribution is -2.57. The summed E-state index contributed by atoms with van der Waals surface area (Å²) >= 11 is 6.14. The van der Waals surface area contributed by atoms with Crippen molar-refractivity contribution in [3.63, 3.8) is 0 Å². The summed E-state index contributed by atoms with van der Waals surface area (Å²) in [7, 11) is 0. The number of halogens is 1. The molecule has 200 valence electrons. The van der Waals surface area contributed by atoms with E-state index in [4.69, 9.17) is 21.3 Å². The molecule has 3 N–H and O–H groups in total. The Morgan fingerprint density at radius 2 is 2.08 bits per heavy atom. The second-order valence-electron chi connectivity index (χ2n) is 9.57. The number of carbonyl (C=O) groups is 1. The summed E-state index contributed by atoms with van der Waals surface area (Å²) in [5.74, 6) is 1.15. The number of piperidine rings is 1. The van der Waals surface area contributed by atoms with E-state index in [1.54, 1.807) is 18.3 Å². The lowest BCUT2D eigenvalue weighted by Gasteiger charge is -2.41. The molecule has 1 fully saturated rings. The van der Waals surface area contributed by atoms with E-state index < -0.39 is 11.4 Å². The van der Waals surface area contributed by atoms with Gasteiger partial charge in [-0.05, 0) is 50.1 Å². The van der Waals surface area contributed by atoms with Gasteiger partial charge >= 0.3 is 0 Å². The molecule has 39 heavy (non-hydrogen) atoms. The molecule has 1 amide bonds. The van der Waals surface area contributed by atoms with E-state index in [9.17, 15) is 9.90 Å². The van der Waals surface area contributed by atoms with Crippen LogP contribution >= 0.6 is 11.6 Å². The number of ether oxygens (including phenoxy) is 1. The molecule has 12 heteroatoms. The SMILES string of the molecule is CCOc1cc(-c2ccc(N3CCC(CO)(NC(=O)c4ncccc4Cl)CC3)nc2)c2c3cn[nH]c3nn2c1. The van der Waals surface area contributed by atoms with Gasteiger partial charge in [0.15, 0.2) is 5.65 Å². The molecular weight excluding hydrogens is 520 g/mol. The minimum atomic E-state index is -0.752. The van der Waals surface area contributed by atoms with Crippen LogP contribution in [0.5, 0.6) is 5.75 Å². The number of H-pyrrole nitrogens is 1. The summed E-state index contributed by atoms with van der Waals surface area (Å²) in [4.78, 5) is 23.8. The molecule has 5 aromatic heterocycles. The van der Waals surface area contributed by atoms with Crippen LogP contribution in [0.2, 0.25) is 5.02 Å². The van der Waals surface area contributed by atoms with Gasteiger partial charge in [0, 0.05) is 36.6 Å². The normalized spacial score (nSPS) is 15.1. The quantitative estimate of drug-likeness (QED) is 0.282. The van der Waals surface area contributed by atoms with Gasteiger partial charge in [0.2, 0.25) is 0 Å². The summed E-state index contributed by atoms with van der Waals surface area (Å²) < 4.78 is 7.59. The van der Waals surface area contributed by atoms with Gasteiger partial charge in [-0.15, -0.1) is 5.10 Å². The maximum atomic E-state index is 12.8. The number of nitrogens with zero attached hydrogens (tertiary/aromatic N) is 6. The van der Waals surface area contributed by atoms with E-state index in [0.29, 0.717) is 43.9 Å². The average molecular weight is 547 g/mol. The number of rotatable bonds is 7. The Balaban J connectivity index is 1.21. The van der Waals surface area contributed by atoms with Crippen LogP contribution in [0.3, 0.4) is 0 Å². The monoisotopic (exact) mass is 546 g/mol. The maximum Gasteiger partial charge on any atom is 0.271 e. The number of fused-ring (bicyclic) bond motifs is 3. The zero-order valence-corrected chi connectivity index (χ0v) is 22.0. The standard InChI is InChI=1S/C27H27ClN8O3/c1-2-39-18-12-19(24-20-14-31-33-25(20)34-36(24)15-18)17-5-6-22(30-13-17)35-10-7-27(16-37,8-11-35)32-26(38)23-21(28)4-3-9-29-23/h3-6,9,12-15,37H,2,7-8,10-11,16H2,1H3,(H,32,38)(H,33,34). The molecule has 11 nitrogen and oxygen atoms in total. The highest BCUT2D eigenvalue weighted by molar-refractivity contribution is 6.33. The van der Waals surface area contributed by atoms with Crippen molar-refractivity contribution >= 4 is 39.9 Å². The predicted molar refractivity (Wildman–Crippen MR) is 147 cm³/mol. The maximum absolute atomic E-state index is 12.8. The Hall–Kier alpha value is -4.22. The second-order valence-corrected chi connectivity index (χ2v) is 9.97. The number of amides is 1. The van der Waals surface area contributed by atoms with Gasteiger partial charge in [-0.2, -0.15) is 5.10 Å². The van der Waals surface area contributed by atoms with Crippen LogP contribution < -0.4 is 15.0 Å². The third kappa shape index (κ3) is 4.64. The van der Waals surface area contributed by atoms with Gasteiger partial charge < -0.3 is 20.1 Å². The van der Waals surface area contributed by atoms with Crippen LogP contribution in [0, 0.1) is 0 Å². The summed E-state index contributed by atoms with van der Waals surface area (Å²) in [5.41, 5.74) is 2.89. The van der Waals surface area contributed by atoms with E-state index in [1.807, 2.05) is 42.0 Å². The Morgan fingerprint density at radius 1 is 1.23 bits per heavy atom. The number of aliphatic hydroxyl groups is 1. The van der Waals surface area contributed by atoms with Crippen molar-refractivity contribution < 1.29 is 14.6 Å². The first-order chi connectivity index (χ1) is 19.0. The molecule has 5 aromatic rings. The summed E-state index contributed by atoms with van der Waals surface area (Å²) in [6.07, 6.45) is 8.10. The predicted octanol–water partition coefficient (Wildman–Crippen LogP) is 3.48. The highest BCUT2D eigenvalue weighted by Crippen LogP contribution is 2.34. The smallest absolute Gasteiger partial charge is 0.271 e. The highest BCUT2D eigenvalue weighted by Gasteiger charge is 2.36. The molecule has 6 rings (SSSR count). The van der Waals surface area contributed by atoms with E-state index in [2.05, 4.69) is 30.5 Å². The number of pyridine rings is 3. The molecule has 0 radical (unpaired) electrons. The van der Waals surface area contributed by atoms with E-state index >= 15 is 0 Å². The Morgan fingerprint density at radius 3 is 2.79 bits per heavy atom. The number of anilines is 1. The first-order valence-corrected chi connectivity index (χ1v) is 13.1. The highest BCUT2D eigenvalue weighted by atomic mass is 35.5. The van der Waals surface area contributed by atoms with Crippen LogP contribution in [0.15, 0.2) is 55.1 Å². The molecule has 0 unspecified atom stereocenters. The topological polar surface area (TPSA) is 134 Å². The number of nitrogens with one attached hydrogen (secondary N) is 2. The van der Waals surface area contributed by atoms with Crippen LogP contribution in [-0.4, -0.2) is 72.6 Å². The molecule has 0 aromatic carbocycles. The van der Waals surface area contributed by atoms with Gasteiger partial charge in [-0.3, -0.25) is 9.89 Å². The molecule has 0 bridgehead atoms. The van der Waals surface area contributed by atoms with Crippen molar-refractivity contribution in [2.75, 3.05) is 31.2 Å². The Kier molecular flexibility index (Phi) is 6.53. The largest absolute Gasteiger partial charge is 0.492 e. The van der Waals surface area contributed by atoms with E-state index in [0.717, 1.165) is 27.8 Å². The van der Waals surface area contributed by atoms with Crippen molar-refractivity contribution in [3.05, 3.63) is 65.8 Å². The van der Waals surface area contributed by atoms with Crippen molar-refractivity contribution in [1.29, 1.82) is 0 Å². The average Bonchev–Trinajstić information content (AvgIpc) is 3.55. The first kappa shape index (κ1) is 25.1. The van der Waals surface area contributed by atoms with Crippen molar-refractivity contribution in [2.24, 2.45) is 0 Å².